The van der Waals surface area contributed by atoms with Crippen LogP contribution in [0.2, 0.25) is 0 Å². The van der Waals surface area contributed by atoms with Crippen molar-refractivity contribution in [1.82, 2.24) is 20.3 Å². The Morgan fingerprint density at radius 2 is 1.92 bits per heavy atom. The number of rotatable bonds is 6. The van der Waals surface area contributed by atoms with Crippen molar-refractivity contribution in [2.45, 2.75) is 19.1 Å². The zero-order valence-electron chi connectivity index (χ0n) is 13.8. The molecule has 1 unspecified atom stereocenters. The minimum atomic E-state index is -4.46. The summed E-state index contributed by atoms with van der Waals surface area (Å²) in [6.45, 7) is 3.84. The van der Waals surface area contributed by atoms with Crippen molar-refractivity contribution in [3.63, 3.8) is 0 Å². The largest absolute Gasteiger partial charge is 0.419 e. The van der Waals surface area contributed by atoms with Gasteiger partial charge in [-0.2, -0.15) is 13.2 Å². The fraction of sp³-hybridized carbons (Fsp3) is 0.643. The number of carbonyl (C=O) groups excluding carboxylic acids is 1. The Balaban J connectivity index is 1.78. The van der Waals surface area contributed by atoms with Crippen LogP contribution >= 0.6 is 0 Å². The molecule has 3 N–H and O–H groups in total. The fourth-order valence-corrected chi connectivity index (χ4v) is 2.18. The number of nitrogens with zero attached hydrogens (tertiary/aromatic N) is 4. The standard InChI is InChI=1S/C14H21F3N6O2/c1-10(18)6-21-25-9-12(24)22-2-4-23(5-3-22)13-19-7-11(8-20-13)14(15,16)17/h7-8,10,21H,2-6,9,18H2,1H3. The average molecular weight is 362 g/mol. The van der Waals surface area contributed by atoms with Gasteiger partial charge in [0.1, 0.15) is 6.61 Å². The Morgan fingerprint density at radius 3 is 2.44 bits per heavy atom. The Hall–Kier alpha value is -1.98. The van der Waals surface area contributed by atoms with E-state index < -0.39 is 11.7 Å². The first kappa shape index (κ1) is 19.3. The molecule has 1 atom stereocenters. The molecule has 1 aromatic rings. The monoisotopic (exact) mass is 362 g/mol. The van der Waals surface area contributed by atoms with Gasteiger partial charge < -0.3 is 15.5 Å². The number of hydrogen-bond donors (Lipinski definition) is 2. The molecule has 1 saturated heterocycles. The maximum Gasteiger partial charge on any atom is 0.419 e. The first-order valence-corrected chi connectivity index (χ1v) is 7.79. The third-order valence-corrected chi connectivity index (χ3v) is 3.58. The summed E-state index contributed by atoms with van der Waals surface area (Å²) >= 11 is 0. The fourth-order valence-electron chi connectivity index (χ4n) is 2.18. The number of hydrogen-bond acceptors (Lipinski definition) is 7. The molecule has 0 saturated carbocycles. The van der Waals surface area contributed by atoms with Crippen LogP contribution in [0.5, 0.6) is 0 Å². The van der Waals surface area contributed by atoms with Crippen LogP contribution in [-0.2, 0) is 15.8 Å². The highest BCUT2D eigenvalue weighted by Crippen LogP contribution is 2.28. The van der Waals surface area contributed by atoms with Gasteiger partial charge in [0.15, 0.2) is 0 Å². The number of aromatic nitrogens is 2. The molecule has 2 heterocycles. The van der Waals surface area contributed by atoms with Crippen LogP contribution in [0.25, 0.3) is 0 Å². The highest BCUT2D eigenvalue weighted by molar-refractivity contribution is 5.77. The van der Waals surface area contributed by atoms with E-state index in [-0.39, 0.29) is 24.5 Å². The van der Waals surface area contributed by atoms with E-state index >= 15 is 0 Å². The molecule has 0 aliphatic carbocycles. The quantitative estimate of drug-likeness (QED) is 0.544. The zero-order chi connectivity index (χ0) is 18.4. The van der Waals surface area contributed by atoms with Crippen LogP contribution in [-0.4, -0.2) is 66.1 Å². The number of halogens is 3. The third-order valence-electron chi connectivity index (χ3n) is 3.58. The van der Waals surface area contributed by atoms with Crippen molar-refractivity contribution < 1.29 is 22.8 Å². The maximum atomic E-state index is 12.5. The molecule has 1 fully saturated rings. The molecule has 1 aromatic heterocycles. The van der Waals surface area contributed by atoms with Crippen LogP contribution < -0.4 is 16.1 Å². The molecular formula is C14H21F3N6O2. The van der Waals surface area contributed by atoms with Crippen molar-refractivity contribution >= 4 is 11.9 Å². The smallest absolute Gasteiger partial charge is 0.337 e. The molecule has 0 aromatic carbocycles. The number of anilines is 1. The highest BCUT2D eigenvalue weighted by atomic mass is 19.4. The summed E-state index contributed by atoms with van der Waals surface area (Å²) < 4.78 is 37.5. The zero-order valence-corrected chi connectivity index (χ0v) is 13.8. The molecule has 2 rings (SSSR count). The topological polar surface area (TPSA) is 96.6 Å². The lowest BCUT2D eigenvalue weighted by atomic mass is 10.3. The summed E-state index contributed by atoms with van der Waals surface area (Å²) in [5.74, 6) is 0.0418. The molecule has 0 spiro atoms. The number of amides is 1. The number of nitrogens with two attached hydrogens (primary N) is 1. The Bertz CT molecular complexity index is 559. The highest BCUT2D eigenvalue weighted by Gasteiger charge is 2.32. The van der Waals surface area contributed by atoms with E-state index in [1.807, 2.05) is 0 Å². The third kappa shape index (κ3) is 5.80. The van der Waals surface area contributed by atoms with E-state index in [0.717, 1.165) is 12.4 Å². The summed E-state index contributed by atoms with van der Waals surface area (Å²) in [7, 11) is 0. The van der Waals surface area contributed by atoms with Crippen molar-refractivity contribution in [2.24, 2.45) is 5.73 Å². The van der Waals surface area contributed by atoms with Crippen molar-refractivity contribution in [2.75, 3.05) is 44.2 Å². The Morgan fingerprint density at radius 1 is 1.32 bits per heavy atom. The Labute approximate surface area is 143 Å². The lowest BCUT2D eigenvalue weighted by molar-refractivity contribution is -0.139. The van der Waals surface area contributed by atoms with Crippen molar-refractivity contribution in [1.29, 1.82) is 0 Å². The van der Waals surface area contributed by atoms with Gasteiger partial charge in [0, 0.05) is 51.2 Å². The molecule has 0 radical (unpaired) electrons. The second kappa shape index (κ2) is 8.41. The van der Waals surface area contributed by atoms with Gasteiger partial charge in [-0.25, -0.2) is 15.4 Å². The van der Waals surface area contributed by atoms with Gasteiger partial charge in [-0.05, 0) is 6.92 Å². The maximum absolute atomic E-state index is 12.5. The number of hydroxylamine groups is 1. The van der Waals surface area contributed by atoms with Crippen LogP contribution in [0, 0.1) is 0 Å². The number of nitrogens with one attached hydrogen (secondary N) is 1. The molecule has 1 amide bonds. The van der Waals surface area contributed by atoms with Crippen molar-refractivity contribution in [3.05, 3.63) is 18.0 Å². The van der Waals surface area contributed by atoms with E-state index in [0.29, 0.717) is 32.7 Å². The minimum Gasteiger partial charge on any atom is -0.337 e. The van der Waals surface area contributed by atoms with Gasteiger partial charge in [-0.1, -0.05) is 0 Å². The molecule has 11 heteroatoms. The lowest BCUT2D eigenvalue weighted by Gasteiger charge is -2.34. The second-order valence-electron chi connectivity index (χ2n) is 5.75. The molecular weight excluding hydrogens is 341 g/mol. The SMILES string of the molecule is CC(N)CNOCC(=O)N1CCN(c2ncc(C(F)(F)F)cn2)CC1. The van der Waals surface area contributed by atoms with E-state index in [4.69, 9.17) is 10.6 Å². The summed E-state index contributed by atoms with van der Waals surface area (Å²) in [5.41, 5.74) is 7.26. The van der Waals surface area contributed by atoms with Crippen LogP contribution in [0.1, 0.15) is 12.5 Å². The number of piperazine rings is 1. The molecule has 1 aliphatic heterocycles. The van der Waals surface area contributed by atoms with Gasteiger partial charge >= 0.3 is 6.18 Å². The van der Waals surface area contributed by atoms with Crippen LogP contribution in [0.15, 0.2) is 12.4 Å². The first-order valence-electron chi connectivity index (χ1n) is 7.79. The Kier molecular flexibility index (Phi) is 6.51. The summed E-state index contributed by atoms with van der Waals surface area (Å²) in [6.07, 6.45) is -2.94. The number of alkyl halides is 3. The predicted molar refractivity (Wildman–Crippen MR) is 83.4 cm³/mol. The molecule has 1 aliphatic rings. The van der Waals surface area contributed by atoms with Gasteiger partial charge in [0.2, 0.25) is 5.95 Å². The van der Waals surface area contributed by atoms with E-state index in [9.17, 15) is 18.0 Å². The second-order valence-corrected chi connectivity index (χ2v) is 5.75. The predicted octanol–water partition coefficient (Wildman–Crippen LogP) is 0.0124. The van der Waals surface area contributed by atoms with E-state index in [1.54, 1.807) is 16.7 Å². The average Bonchev–Trinajstić information content (AvgIpc) is 2.58. The molecule has 140 valence electrons. The lowest BCUT2D eigenvalue weighted by Crippen LogP contribution is -2.50. The minimum absolute atomic E-state index is 0.0811. The van der Waals surface area contributed by atoms with E-state index in [2.05, 4.69) is 15.4 Å². The summed E-state index contributed by atoms with van der Waals surface area (Å²) in [5, 5.41) is 0. The van der Waals surface area contributed by atoms with Crippen LogP contribution in [0.4, 0.5) is 19.1 Å². The molecule has 8 nitrogen and oxygen atoms in total. The van der Waals surface area contributed by atoms with Crippen molar-refractivity contribution in [3.8, 4) is 0 Å². The molecule has 25 heavy (non-hydrogen) atoms. The molecule has 0 bridgehead atoms. The van der Waals surface area contributed by atoms with Crippen LogP contribution in [0.3, 0.4) is 0 Å². The summed E-state index contributed by atoms with van der Waals surface area (Å²) in [6, 6.07) is -0.0811. The number of carbonyl (C=O) groups is 1. The van der Waals surface area contributed by atoms with E-state index in [1.165, 1.54) is 0 Å². The normalized spacial score (nSPS) is 16.8. The van der Waals surface area contributed by atoms with Gasteiger partial charge in [-0.3, -0.25) is 9.63 Å². The van der Waals surface area contributed by atoms with Gasteiger partial charge in [-0.15, -0.1) is 0 Å². The summed E-state index contributed by atoms with van der Waals surface area (Å²) in [4.78, 5) is 27.9. The van der Waals surface area contributed by atoms with Gasteiger partial charge in [0.05, 0.1) is 5.56 Å². The first-order chi connectivity index (χ1) is 11.8. The van der Waals surface area contributed by atoms with Gasteiger partial charge in [0.25, 0.3) is 5.91 Å².